The molecule has 0 aromatic carbocycles. The van der Waals surface area contributed by atoms with E-state index in [1.54, 1.807) is 0 Å². The lowest BCUT2D eigenvalue weighted by atomic mass is 9.95. The molecule has 0 saturated carbocycles. The van der Waals surface area contributed by atoms with Crippen molar-refractivity contribution in [2.24, 2.45) is 0 Å². The summed E-state index contributed by atoms with van der Waals surface area (Å²) in [6.07, 6.45) is -0.0108. The predicted octanol–water partition coefficient (Wildman–Crippen LogP) is 2.45. The second kappa shape index (κ2) is 6.34. The summed E-state index contributed by atoms with van der Waals surface area (Å²) in [5.41, 5.74) is -0.0853. The van der Waals surface area contributed by atoms with Crippen LogP contribution in [0.25, 0.3) is 0 Å². The molecule has 1 aliphatic heterocycles. The van der Waals surface area contributed by atoms with E-state index in [2.05, 4.69) is 25.7 Å². The van der Waals surface area contributed by atoms with Crippen molar-refractivity contribution in [1.29, 1.82) is 0 Å². The van der Waals surface area contributed by atoms with Gasteiger partial charge >= 0.3 is 5.97 Å². The third kappa shape index (κ3) is 4.18. The highest BCUT2D eigenvalue weighted by atomic mass is 32.1. The standard InChI is InChI=1S/C15H23NO4S/c1-15(2,3)12-7-11(13(21-12)14(17)18)20-9-10-8-16(4)5-6-19-10/h7,10H,5-6,8-9H2,1-4H3,(H,17,18). The first kappa shape index (κ1) is 16.3. The van der Waals surface area contributed by atoms with E-state index in [0.29, 0.717) is 19.0 Å². The van der Waals surface area contributed by atoms with Gasteiger partial charge in [-0.25, -0.2) is 4.79 Å². The summed E-state index contributed by atoms with van der Waals surface area (Å²) in [6, 6.07) is 1.85. The van der Waals surface area contributed by atoms with E-state index in [9.17, 15) is 9.90 Å². The summed E-state index contributed by atoms with van der Waals surface area (Å²) < 4.78 is 11.4. The van der Waals surface area contributed by atoms with Crippen molar-refractivity contribution in [2.45, 2.75) is 32.3 Å². The number of aromatic carboxylic acids is 1. The molecular formula is C15H23NO4S. The molecule has 0 bridgehead atoms. The average Bonchev–Trinajstić information content (AvgIpc) is 2.80. The fraction of sp³-hybridized carbons (Fsp3) is 0.667. The molecule has 2 rings (SSSR count). The maximum absolute atomic E-state index is 11.4. The van der Waals surface area contributed by atoms with E-state index < -0.39 is 5.97 Å². The molecule has 0 amide bonds. The number of nitrogens with zero attached hydrogens (tertiary/aromatic N) is 1. The average molecular weight is 313 g/mol. The minimum absolute atomic E-state index is 0.0108. The molecule has 1 N–H and O–H groups in total. The summed E-state index contributed by atoms with van der Waals surface area (Å²) in [6.45, 7) is 8.98. The summed E-state index contributed by atoms with van der Waals surface area (Å²) in [7, 11) is 2.04. The molecule has 6 heteroatoms. The molecule has 0 radical (unpaired) electrons. The Bertz CT molecular complexity index is 506. The monoisotopic (exact) mass is 313 g/mol. The van der Waals surface area contributed by atoms with Crippen LogP contribution in [0, 0.1) is 0 Å². The van der Waals surface area contributed by atoms with E-state index in [1.165, 1.54) is 11.3 Å². The Balaban J connectivity index is 2.08. The normalized spacial score (nSPS) is 20.5. The molecule has 118 valence electrons. The third-order valence-corrected chi connectivity index (χ3v) is 4.93. The van der Waals surface area contributed by atoms with Crippen molar-refractivity contribution in [3.05, 3.63) is 15.8 Å². The molecule has 1 aromatic rings. The van der Waals surface area contributed by atoms with E-state index >= 15 is 0 Å². The van der Waals surface area contributed by atoms with Gasteiger partial charge in [-0.2, -0.15) is 0 Å². The number of rotatable bonds is 4. The van der Waals surface area contributed by atoms with Crippen molar-refractivity contribution in [3.63, 3.8) is 0 Å². The van der Waals surface area contributed by atoms with Crippen LogP contribution in [0.4, 0.5) is 0 Å². The summed E-state index contributed by atoms with van der Waals surface area (Å²) in [4.78, 5) is 14.8. The minimum Gasteiger partial charge on any atom is -0.489 e. The van der Waals surface area contributed by atoms with Crippen LogP contribution in [-0.4, -0.2) is 55.4 Å². The Kier molecular flexibility index (Phi) is 4.91. The van der Waals surface area contributed by atoms with Gasteiger partial charge in [-0.1, -0.05) is 20.8 Å². The fourth-order valence-corrected chi connectivity index (χ4v) is 3.15. The Morgan fingerprint density at radius 1 is 1.57 bits per heavy atom. The van der Waals surface area contributed by atoms with Gasteiger partial charge in [0.15, 0.2) is 4.88 Å². The number of carboxylic acid groups (broad SMARTS) is 1. The van der Waals surface area contributed by atoms with Crippen LogP contribution in [0.2, 0.25) is 0 Å². The van der Waals surface area contributed by atoms with Gasteiger partial charge in [0, 0.05) is 18.0 Å². The molecule has 1 unspecified atom stereocenters. The molecule has 0 spiro atoms. The van der Waals surface area contributed by atoms with Crippen molar-refractivity contribution in [1.82, 2.24) is 4.90 Å². The van der Waals surface area contributed by atoms with Gasteiger partial charge in [-0.15, -0.1) is 11.3 Å². The van der Waals surface area contributed by atoms with Gasteiger partial charge in [0.2, 0.25) is 0 Å². The second-order valence-corrected chi connectivity index (χ2v) is 7.48. The van der Waals surface area contributed by atoms with Crippen molar-refractivity contribution in [2.75, 3.05) is 33.4 Å². The van der Waals surface area contributed by atoms with Gasteiger partial charge < -0.3 is 19.5 Å². The molecule has 1 aromatic heterocycles. The van der Waals surface area contributed by atoms with Crippen molar-refractivity contribution in [3.8, 4) is 5.75 Å². The molecule has 1 saturated heterocycles. The summed E-state index contributed by atoms with van der Waals surface area (Å²) in [5, 5.41) is 9.31. The number of morpholine rings is 1. The van der Waals surface area contributed by atoms with E-state index in [-0.39, 0.29) is 16.4 Å². The number of thiophene rings is 1. The zero-order valence-corrected chi connectivity index (χ0v) is 13.8. The highest BCUT2D eigenvalue weighted by Crippen LogP contribution is 2.36. The summed E-state index contributed by atoms with van der Waals surface area (Å²) >= 11 is 1.29. The van der Waals surface area contributed by atoms with Crippen LogP contribution < -0.4 is 4.74 Å². The number of ether oxygens (including phenoxy) is 2. The lowest BCUT2D eigenvalue weighted by molar-refractivity contribution is -0.0404. The van der Waals surface area contributed by atoms with Crippen molar-refractivity contribution >= 4 is 17.3 Å². The molecule has 1 fully saturated rings. The molecule has 21 heavy (non-hydrogen) atoms. The SMILES string of the molecule is CN1CCOC(COc2cc(C(C)(C)C)sc2C(=O)O)C1. The van der Waals surface area contributed by atoms with Crippen LogP contribution >= 0.6 is 11.3 Å². The van der Waals surface area contributed by atoms with Crippen LogP contribution in [0.1, 0.15) is 35.3 Å². The Labute approximate surface area is 129 Å². The maximum Gasteiger partial charge on any atom is 0.349 e. The number of carbonyl (C=O) groups is 1. The molecular weight excluding hydrogens is 290 g/mol. The van der Waals surface area contributed by atoms with E-state index in [4.69, 9.17) is 9.47 Å². The summed E-state index contributed by atoms with van der Waals surface area (Å²) in [5.74, 6) is -0.485. The first-order chi connectivity index (χ1) is 9.77. The predicted molar refractivity (Wildman–Crippen MR) is 82.7 cm³/mol. The van der Waals surface area contributed by atoms with Gasteiger partial charge in [0.25, 0.3) is 0 Å². The van der Waals surface area contributed by atoms with Gasteiger partial charge in [-0.05, 0) is 18.5 Å². The number of carboxylic acids is 1. The zero-order valence-electron chi connectivity index (χ0n) is 13.0. The second-order valence-electron chi connectivity index (χ2n) is 6.43. The van der Waals surface area contributed by atoms with Crippen molar-refractivity contribution < 1.29 is 19.4 Å². The number of hydrogen-bond acceptors (Lipinski definition) is 5. The van der Waals surface area contributed by atoms with Gasteiger partial charge in [-0.3, -0.25) is 0 Å². The maximum atomic E-state index is 11.4. The Hall–Kier alpha value is -1.11. The zero-order chi connectivity index (χ0) is 15.6. The van der Waals surface area contributed by atoms with Gasteiger partial charge in [0.05, 0.1) is 6.61 Å². The number of hydrogen-bond donors (Lipinski definition) is 1. The molecule has 5 nitrogen and oxygen atoms in total. The highest BCUT2D eigenvalue weighted by molar-refractivity contribution is 7.14. The fourth-order valence-electron chi connectivity index (χ4n) is 2.15. The van der Waals surface area contributed by atoms with Gasteiger partial charge in [0.1, 0.15) is 18.5 Å². The molecule has 1 aliphatic rings. The van der Waals surface area contributed by atoms with Crippen LogP contribution in [0.15, 0.2) is 6.07 Å². The Morgan fingerprint density at radius 2 is 2.29 bits per heavy atom. The van der Waals surface area contributed by atoms with Crippen LogP contribution in [0.3, 0.4) is 0 Å². The smallest absolute Gasteiger partial charge is 0.349 e. The lowest BCUT2D eigenvalue weighted by Crippen LogP contribution is -2.42. The Morgan fingerprint density at radius 3 is 2.86 bits per heavy atom. The molecule has 2 heterocycles. The number of likely N-dealkylation sites (N-methyl/N-ethyl adjacent to an activating group) is 1. The van der Waals surface area contributed by atoms with Crippen LogP contribution in [-0.2, 0) is 10.2 Å². The lowest BCUT2D eigenvalue weighted by Gasteiger charge is -2.29. The first-order valence-electron chi connectivity index (χ1n) is 7.08. The largest absolute Gasteiger partial charge is 0.489 e. The molecule has 1 atom stereocenters. The highest BCUT2D eigenvalue weighted by Gasteiger charge is 2.25. The topological polar surface area (TPSA) is 59.0 Å². The molecule has 0 aliphatic carbocycles. The first-order valence-corrected chi connectivity index (χ1v) is 7.89. The minimum atomic E-state index is -0.938. The van der Waals surface area contributed by atoms with E-state index in [0.717, 1.165) is 18.0 Å². The quantitative estimate of drug-likeness (QED) is 0.925. The van der Waals surface area contributed by atoms with E-state index in [1.807, 2.05) is 13.1 Å². The third-order valence-electron chi connectivity index (χ3n) is 3.40. The van der Waals surface area contributed by atoms with Crippen LogP contribution in [0.5, 0.6) is 5.75 Å².